The maximum atomic E-state index is 10.6. The summed E-state index contributed by atoms with van der Waals surface area (Å²) in [6.45, 7) is 2.06. The molecule has 1 saturated carbocycles. The Balaban J connectivity index is 1.88. The molecule has 0 amide bonds. The van der Waals surface area contributed by atoms with Crippen LogP contribution in [0.25, 0.3) is 0 Å². The molecular formula is C22H30BBrO4S2. The molecule has 1 aromatic rings. The smallest absolute Gasteiger partial charge is 0.303 e. The number of carbonyl (C=O) groups is 1. The van der Waals surface area contributed by atoms with Gasteiger partial charge in [0.15, 0.2) is 0 Å². The van der Waals surface area contributed by atoms with Crippen LogP contribution >= 0.6 is 39.0 Å². The Hall–Kier alpha value is -0.535. The minimum absolute atomic E-state index is 0.0706. The third-order valence-electron chi connectivity index (χ3n) is 5.50. The number of aliphatic hydroxyl groups excluding tert-OH is 2. The first kappa shape index (κ1) is 25.7. The van der Waals surface area contributed by atoms with Crippen molar-refractivity contribution < 1.29 is 20.1 Å². The molecule has 30 heavy (non-hydrogen) atoms. The van der Waals surface area contributed by atoms with Gasteiger partial charge in [0.2, 0.25) is 0 Å². The predicted molar refractivity (Wildman–Crippen MR) is 130 cm³/mol. The third kappa shape index (κ3) is 8.19. The van der Waals surface area contributed by atoms with E-state index in [9.17, 15) is 15.0 Å². The molecule has 2 rings (SSSR count). The molecule has 1 heterocycles. The van der Waals surface area contributed by atoms with Gasteiger partial charge in [0.1, 0.15) is 0 Å². The van der Waals surface area contributed by atoms with E-state index in [2.05, 4.69) is 28.9 Å². The fraction of sp³-hybridized carbons (Fsp3) is 0.591. The summed E-state index contributed by atoms with van der Waals surface area (Å²) in [6, 6.07) is 2.08. The van der Waals surface area contributed by atoms with E-state index in [1.165, 1.54) is 9.09 Å². The first-order chi connectivity index (χ1) is 14.3. The van der Waals surface area contributed by atoms with E-state index < -0.39 is 18.2 Å². The number of allylic oxidation sites excluding steroid dienone is 3. The Bertz CT molecular complexity index is 717. The van der Waals surface area contributed by atoms with Crippen LogP contribution < -0.4 is 0 Å². The first-order valence-corrected chi connectivity index (χ1v) is 12.9. The molecule has 164 valence electrons. The number of thioether (sulfide) groups is 1. The molecule has 1 aromatic heterocycles. The number of carboxylic acids is 1. The molecule has 1 aliphatic rings. The van der Waals surface area contributed by atoms with Crippen molar-refractivity contribution in [1.82, 2.24) is 0 Å². The van der Waals surface area contributed by atoms with E-state index in [1.54, 1.807) is 23.1 Å². The van der Waals surface area contributed by atoms with E-state index in [-0.39, 0.29) is 24.2 Å². The number of carboxylic acid groups (broad SMARTS) is 1. The lowest BCUT2D eigenvalue weighted by Crippen LogP contribution is -2.19. The molecule has 0 aromatic carbocycles. The summed E-state index contributed by atoms with van der Waals surface area (Å²) in [5, 5.41) is 29.6. The number of aryl methyl sites for hydroxylation is 1. The fourth-order valence-corrected chi connectivity index (χ4v) is 6.71. The van der Waals surface area contributed by atoms with Crippen molar-refractivity contribution in [3.63, 3.8) is 0 Å². The van der Waals surface area contributed by atoms with Gasteiger partial charge in [0.05, 0.1) is 24.3 Å². The van der Waals surface area contributed by atoms with Gasteiger partial charge >= 0.3 is 5.97 Å². The van der Waals surface area contributed by atoms with Crippen LogP contribution in [0.3, 0.4) is 0 Å². The van der Waals surface area contributed by atoms with Crippen LogP contribution in [0.2, 0.25) is 6.32 Å². The van der Waals surface area contributed by atoms with Gasteiger partial charge in [-0.15, -0.1) is 23.1 Å². The highest BCUT2D eigenvalue weighted by molar-refractivity contribution is 9.10. The van der Waals surface area contributed by atoms with Crippen LogP contribution in [0, 0.1) is 24.7 Å². The van der Waals surface area contributed by atoms with Gasteiger partial charge in [-0.25, -0.2) is 0 Å². The largest absolute Gasteiger partial charge is 0.481 e. The zero-order valence-electron chi connectivity index (χ0n) is 17.2. The van der Waals surface area contributed by atoms with E-state index in [4.69, 9.17) is 13.0 Å². The van der Waals surface area contributed by atoms with Gasteiger partial charge < -0.3 is 15.3 Å². The maximum Gasteiger partial charge on any atom is 0.303 e. The Morgan fingerprint density at radius 2 is 2.23 bits per heavy atom. The lowest BCUT2D eigenvalue weighted by atomic mass is 9.80. The molecule has 5 atom stereocenters. The molecule has 0 saturated heterocycles. The summed E-state index contributed by atoms with van der Waals surface area (Å²) in [6.07, 6.45) is 10.4. The zero-order chi connectivity index (χ0) is 22.1. The van der Waals surface area contributed by atoms with Crippen molar-refractivity contribution in [3.05, 3.63) is 39.7 Å². The summed E-state index contributed by atoms with van der Waals surface area (Å²) in [7, 11) is 5.94. The minimum atomic E-state index is -0.774. The molecule has 4 nitrogen and oxygen atoms in total. The zero-order valence-corrected chi connectivity index (χ0v) is 20.5. The number of rotatable bonds is 12. The molecule has 0 bridgehead atoms. The van der Waals surface area contributed by atoms with Gasteiger partial charge in [0, 0.05) is 21.5 Å². The molecule has 1 fully saturated rings. The number of hydrogen-bond acceptors (Lipinski definition) is 5. The Morgan fingerprint density at radius 3 is 2.87 bits per heavy atom. The van der Waals surface area contributed by atoms with Crippen molar-refractivity contribution in [3.8, 4) is 0 Å². The average molecular weight is 513 g/mol. The summed E-state index contributed by atoms with van der Waals surface area (Å²) >= 11 is 6.87. The third-order valence-corrected chi connectivity index (χ3v) is 8.95. The van der Waals surface area contributed by atoms with Crippen LogP contribution in [0.5, 0.6) is 0 Å². The van der Waals surface area contributed by atoms with E-state index in [1.807, 2.05) is 24.3 Å². The first-order valence-electron chi connectivity index (χ1n) is 10.3. The highest BCUT2D eigenvalue weighted by Crippen LogP contribution is 2.42. The second-order valence-electron chi connectivity index (χ2n) is 7.77. The lowest BCUT2D eigenvalue weighted by Gasteiger charge is -2.21. The van der Waals surface area contributed by atoms with Crippen LogP contribution in [0.15, 0.2) is 39.1 Å². The SMILES string of the molecule is [B]C[C@@H]1CC(O)[C@H](CC=CCCCC(=O)O)[C@H]1C=C[C@@H](O)CSc1cc(Br)c(C)s1. The summed E-state index contributed by atoms with van der Waals surface area (Å²) in [5.74, 6) is 0.217. The second kappa shape index (κ2) is 13.1. The number of unbranched alkanes of at least 4 members (excludes halogenated alkanes) is 1. The minimum Gasteiger partial charge on any atom is -0.481 e. The molecule has 2 radical (unpaired) electrons. The Labute approximate surface area is 197 Å². The van der Waals surface area contributed by atoms with E-state index in [0.29, 0.717) is 24.9 Å². The van der Waals surface area contributed by atoms with Gasteiger partial charge in [-0.1, -0.05) is 30.6 Å². The molecule has 0 aliphatic heterocycles. The topological polar surface area (TPSA) is 77.8 Å². The number of halogens is 1. The molecule has 8 heteroatoms. The van der Waals surface area contributed by atoms with Gasteiger partial charge in [-0.2, -0.15) is 0 Å². The summed E-state index contributed by atoms with van der Waals surface area (Å²) < 4.78 is 2.28. The average Bonchev–Trinajstić information content (AvgIpc) is 3.19. The van der Waals surface area contributed by atoms with Crippen molar-refractivity contribution in [1.29, 1.82) is 0 Å². The Morgan fingerprint density at radius 1 is 1.47 bits per heavy atom. The monoisotopic (exact) mass is 512 g/mol. The summed E-state index contributed by atoms with van der Waals surface area (Å²) in [5.41, 5.74) is 0. The molecule has 0 spiro atoms. The second-order valence-corrected chi connectivity index (χ2v) is 11.2. The molecule has 3 N–H and O–H groups in total. The fourth-order valence-electron chi connectivity index (χ4n) is 3.84. The van der Waals surface area contributed by atoms with Gasteiger partial charge in [0.25, 0.3) is 0 Å². The normalized spacial score (nSPS) is 25.5. The summed E-state index contributed by atoms with van der Waals surface area (Å²) in [4.78, 5) is 11.8. The van der Waals surface area contributed by atoms with Gasteiger partial charge in [-0.3, -0.25) is 4.79 Å². The van der Waals surface area contributed by atoms with E-state index >= 15 is 0 Å². The standard InChI is InChI=1S/C22H30BBrO4S2/c1-14-19(24)11-22(30-14)29-13-16(25)8-9-17-15(12-23)10-20(26)18(17)6-4-2-3-5-7-21(27)28/h2,4,8-9,11,15-18,20,25-26H,3,5-7,10,12-13H2,1H3,(H,27,28)/t15-,16+,17-,18+,20?/m0/s1. The quantitative estimate of drug-likeness (QED) is 0.155. The van der Waals surface area contributed by atoms with Gasteiger partial charge in [-0.05, 0) is 72.4 Å². The van der Waals surface area contributed by atoms with Crippen molar-refractivity contribution >= 4 is 52.8 Å². The van der Waals surface area contributed by atoms with Crippen molar-refractivity contribution in [2.24, 2.45) is 17.8 Å². The molecule has 1 aliphatic carbocycles. The number of aliphatic carboxylic acids is 1. The molecular weight excluding hydrogens is 483 g/mol. The lowest BCUT2D eigenvalue weighted by molar-refractivity contribution is -0.137. The van der Waals surface area contributed by atoms with Crippen LogP contribution in [0.4, 0.5) is 0 Å². The van der Waals surface area contributed by atoms with Crippen LogP contribution in [-0.4, -0.2) is 47.1 Å². The predicted octanol–water partition coefficient (Wildman–Crippen LogP) is 5.23. The van der Waals surface area contributed by atoms with Crippen LogP contribution in [0.1, 0.15) is 37.0 Å². The molecule has 1 unspecified atom stereocenters. The number of hydrogen-bond donors (Lipinski definition) is 3. The van der Waals surface area contributed by atoms with Crippen LogP contribution in [-0.2, 0) is 4.79 Å². The van der Waals surface area contributed by atoms with Crippen molar-refractivity contribution in [2.75, 3.05) is 5.75 Å². The van der Waals surface area contributed by atoms with Crippen molar-refractivity contribution in [2.45, 2.75) is 61.8 Å². The maximum absolute atomic E-state index is 10.6. The van der Waals surface area contributed by atoms with E-state index in [0.717, 1.165) is 17.3 Å². The number of thiophene rings is 1. The Kier molecular flexibility index (Phi) is 11.2. The highest BCUT2D eigenvalue weighted by Gasteiger charge is 2.39. The number of aliphatic hydroxyl groups is 2. The highest BCUT2D eigenvalue weighted by atomic mass is 79.9.